The van der Waals surface area contributed by atoms with E-state index in [0.717, 1.165) is 5.57 Å². The van der Waals surface area contributed by atoms with Crippen molar-refractivity contribution in [3.8, 4) is 0 Å². The molecule has 0 aromatic rings. The fraction of sp³-hybridized carbons (Fsp3) is 0.921. The molecule has 302 valence electrons. The normalized spacial score (nSPS) is 48.7. The molecule has 0 spiro atoms. The minimum atomic E-state index is -2.10. The summed E-state index contributed by atoms with van der Waals surface area (Å²) in [5.74, 6) is -2.87. The first-order chi connectivity index (χ1) is 24.0. The average molecular weight is 746 g/mol. The molecule has 0 amide bonds. The molecule has 0 aliphatic carbocycles. The van der Waals surface area contributed by atoms with Crippen molar-refractivity contribution in [2.75, 3.05) is 20.7 Å². The molecule has 3 fully saturated rings. The summed E-state index contributed by atoms with van der Waals surface area (Å²) in [4.78, 5) is 16.2. The van der Waals surface area contributed by atoms with Gasteiger partial charge in [0.25, 0.3) is 0 Å². The van der Waals surface area contributed by atoms with Crippen LogP contribution in [-0.4, -0.2) is 147 Å². The summed E-state index contributed by atoms with van der Waals surface area (Å²) in [5.41, 5.74) is -3.44. The zero-order chi connectivity index (χ0) is 39.2. The lowest BCUT2D eigenvalue weighted by Crippen LogP contribution is -2.60. The van der Waals surface area contributed by atoms with Gasteiger partial charge in [0, 0.05) is 37.8 Å². The quantitative estimate of drug-likeness (QED) is 0.228. The number of hydrogen-bond donors (Lipinski definition) is 5. The standard InChI is InChI=1S/C38H67NO13/c1-14-39(12)25-15-19(3)47-35(27(25)41)51-32-21(5)29(49-26-17-36(9,46-13)31(43)24(8)48-26)22(6)34(44)50-33(23(7)40)38(11,45)30(42)20(4)28-18(2)16-37(32,10)52-28/h19-27,29-33,35,40-43,45H,14-17H2,1-13H3/t19-,20+,21+,22-,23+,24+,25+,26+,27-,29+,30-,31+,32-,33-,35+,36-,37-,38+/m1/s1. The fourth-order valence-electron chi connectivity index (χ4n) is 8.94. The van der Waals surface area contributed by atoms with E-state index in [-0.39, 0.29) is 18.6 Å². The summed E-state index contributed by atoms with van der Waals surface area (Å²) in [6.07, 6.45) is -10.1. The van der Waals surface area contributed by atoms with Crippen LogP contribution in [0.4, 0.5) is 0 Å². The fourth-order valence-corrected chi connectivity index (χ4v) is 8.94. The minimum Gasteiger partial charge on any atom is -0.489 e. The van der Waals surface area contributed by atoms with Crippen LogP contribution in [0.2, 0.25) is 0 Å². The van der Waals surface area contributed by atoms with Gasteiger partial charge in [-0.1, -0.05) is 20.8 Å². The molecule has 14 heteroatoms. The number of cyclic esters (lactones) is 1. The van der Waals surface area contributed by atoms with Crippen molar-refractivity contribution in [3.63, 3.8) is 0 Å². The lowest BCUT2D eigenvalue weighted by molar-refractivity contribution is -0.317. The van der Waals surface area contributed by atoms with Gasteiger partial charge in [0.2, 0.25) is 0 Å². The van der Waals surface area contributed by atoms with Gasteiger partial charge in [-0.25, -0.2) is 0 Å². The number of ether oxygens (including phenoxy) is 7. The zero-order valence-corrected chi connectivity index (χ0v) is 33.4. The summed E-state index contributed by atoms with van der Waals surface area (Å²) in [7, 11) is 3.45. The molecule has 4 aliphatic rings. The van der Waals surface area contributed by atoms with E-state index in [1.165, 1.54) is 21.0 Å². The highest BCUT2D eigenvalue weighted by molar-refractivity contribution is 5.73. The number of likely N-dealkylation sites (N-methyl/N-ethyl adjacent to an activating group) is 1. The van der Waals surface area contributed by atoms with Gasteiger partial charge in [0.15, 0.2) is 18.7 Å². The molecule has 52 heavy (non-hydrogen) atoms. The predicted molar refractivity (Wildman–Crippen MR) is 190 cm³/mol. The number of rotatable bonds is 8. The maximum atomic E-state index is 14.2. The molecule has 0 unspecified atom stereocenters. The van der Waals surface area contributed by atoms with E-state index in [2.05, 4.69) is 4.90 Å². The van der Waals surface area contributed by atoms with E-state index in [9.17, 15) is 30.3 Å². The first-order valence-electron chi connectivity index (χ1n) is 18.9. The maximum Gasteiger partial charge on any atom is 0.311 e. The monoisotopic (exact) mass is 745 g/mol. The van der Waals surface area contributed by atoms with Crippen LogP contribution in [0.1, 0.15) is 95.4 Å². The van der Waals surface area contributed by atoms with Crippen molar-refractivity contribution < 1.29 is 63.5 Å². The van der Waals surface area contributed by atoms with Crippen molar-refractivity contribution in [1.82, 2.24) is 4.90 Å². The third-order valence-electron chi connectivity index (χ3n) is 12.3. The van der Waals surface area contributed by atoms with Gasteiger partial charge in [-0.2, -0.15) is 0 Å². The molecule has 0 saturated carbocycles. The number of aliphatic hydroxyl groups excluding tert-OH is 4. The highest BCUT2D eigenvalue weighted by Gasteiger charge is 2.56. The van der Waals surface area contributed by atoms with Gasteiger partial charge in [0.1, 0.15) is 35.3 Å². The van der Waals surface area contributed by atoms with Crippen molar-refractivity contribution in [1.29, 1.82) is 0 Å². The second-order valence-electron chi connectivity index (χ2n) is 16.7. The number of nitrogens with zero attached hydrogens (tertiary/aromatic N) is 1. The molecule has 4 heterocycles. The number of hydrogen-bond acceptors (Lipinski definition) is 14. The van der Waals surface area contributed by atoms with Gasteiger partial charge in [-0.3, -0.25) is 4.79 Å². The Kier molecular flexibility index (Phi) is 13.6. The highest BCUT2D eigenvalue weighted by Crippen LogP contribution is 2.47. The molecule has 4 aliphatic heterocycles. The highest BCUT2D eigenvalue weighted by atomic mass is 16.7. The van der Waals surface area contributed by atoms with E-state index in [1.807, 2.05) is 41.7 Å². The molecule has 2 bridgehead atoms. The smallest absolute Gasteiger partial charge is 0.311 e. The van der Waals surface area contributed by atoms with Crippen molar-refractivity contribution in [2.24, 2.45) is 17.8 Å². The number of fused-ring (bicyclic) bond motifs is 2. The number of methoxy groups -OCH3 is 1. The van der Waals surface area contributed by atoms with Crippen LogP contribution in [0.25, 0.3) is 0 Å². The van der Waals surface area contributed by atoms with E-state index in [0.29, 0.717) is 25.1 Å². The van der Waals surface area contributed by atoms with Gasteiger partial charge >= 0.3 is 5.97 Å². The molecule has 0 radical (unpaired) electrons. The number of carbonyl (C=O) groups excluding carboxylic acids is 1. The molecule has 0 aromatic heterocycles. The maximum absolute atomic E-state index is 14.2. The third-order valence-corrected chi connectivity index (χ3v) is 12.3. The summed E-state index contributed by atoms with van der Waals surface area (Å²) in [6, 6.07) is -0.248. The molecule has 0 aromatic carbocycles. The molecular weight excluding hydrogens is 678 g/mol. The van der Waals surface area contributed by atoms with Gasteiger partial charge in [0.05, 0.1) is 42.0 Å². The predicted octanol–water partition coefficient (Wildman–Crippen LogP) is 2.25. The van der Waals surface area contributed by atoms with Crippen LogP contribution in [-0.2, 0) is 38.0 Å². The van der Waals surface area contributed by atoms with E-state index in [4.69, 9.17) is 33.2 Å². The SMILES string of the molecule is CCN(C)[C@H]1C[C@@H](C)O[C@@H](O[C@@H]2[C@@H](C)[C@H](O[C@H]3C[C@@](C)(OC)[C@@H](O)[C@H](C)O3)[C@@H](C)C(=O)O[C@H]([C@H](C)O)[C@@](C)(O)[C@H](O)[C@@H](C)C3=C(C)C[C@@]2(C)O3)[C@@H]1O. The summed E-state index contributed by atoms with van der Waals surface area (Å²) in [6.45, 7) is 19.8. The van der Waals surface area contributed by atoms with E-state index >= 15 is 0 Å². The molecule has 3 saturated heterocycles. The van der Waals surface area contributed by atoms with Gasteiger partial charge in [-0.15, -0.1) is 0 Å². The average Bonchev–Trinajstić information content (AvgIpc) is 3.40. The van der Waals surface area contributed by atoms with Gasteiger partial charge in [-0.05, 0) is 81.0 Å². The Bertz CT molecular complexity index is 1260. The summed E-state index contributed by atoms with van der Waals surface area (Å²) >= 11 is 0. The van der Waals surface area contributed by atoms with Crippen molar-refractivity contribution >= 4 is 5.97 Å². The largest absolute Gasteiger partial charge is 0.489 e. The number of aliphatic hydroxyl groups is 5. The Hall–Kier alpha value is -1.43. The summed E-state index contributed by atoms with van der Waals surface area (Å²) < 4.78 is 44.5. The lowest BCUT2D eigenvalue weighted by atomic mass is 9.78. The Morgan fingerprint density at radius 3 is 2.21 bits per heavy atom. The molecular formula is C38H67NO13. The van der Waals surface area contributed by atoms with Crippen LogP contribution in [0.3, 0.4) is 0 Å². The van der Waals surface area contributed by atoms with Crippen LogP contribution >= 0.6 is 0 Å². The number of carbonyl (C=O) groups is 1. The topological polar surface area (TPSA) is 186 Å². The number of esters is 1. The van der Waals surface area contributed by atoms with Gasteiger partial charge < -0.3 is 63.6 Å². The van der Waals surface area contributed by atoms with E-state index < -0.39 is 102 Å². The first-order valence-corrected chi connectivity index (χ1v) is 18.9. The van der Waals surface area contributed by atoms with Crippen LogP contribution < -0.4 is 0 Å². The van der Waals surface area contributed by atoms with Crippen LogP contribution in [0.5, 0.6) is 0 Å². The summed E-state index contributed by atoms with van der Waals surface area (Å²) in [5, 5.41) is 56.9. The molecule has 4 rings (SSSR count). The van der Waals surface area contributed by atoms with Crippen molar-refractivity contribution in [2.45, 2.75) is 186 Å². The third kappa shape index (κ3) is 8.37. The Morgan fingerprint density at radius 1 is 1.00 bits per heavy atom. The minimum absolute atomic E-state index is 0.131. The van der Waals surface area contributed by atoms with Crippen molar-refractivity contribution in [3.05, 3.63) is 11.3 Å². The molecule has 5 N–H and O–H groups in total. The first kappa shape index (κ1) is 43.3. The second kappa shape index (κ2) is 16.4. The van der Waals surface area contributed by atoms with E-state index in [1.54, 1.807) is 27.7 Å². The van der Waals surface area contributed by atoms with Crippen LogP contribution in [0, 0.1) is 17.8 Å². The lowest BCUT2D eigenvalue weighted by Gasteiger charge is -2.48. The Morgan fingerprint density at radius 2 is 1.63 bits per heavy atom. The molecule has 14 nitrogen and oxygen atoms in total. The zero-order valence-electron chi connectivity index (χ0n) is 33.4. The molecule has 18 atom stereocenters. The Labute approximate surface area is 309 Å². The second-order valence-corrected chi connectivity index (χ2v) is 16.7. The van der Waals surface area contributed by atoms with Crippen LogP contribution in [0.15, 0.2) is 11.3 Å². The Balaban J connectivity index is 1.86.